The maximum Gasteiger partial charge on any atom is 0.239 e. The van der Waals surface area contributed by atoms with Crippen LogP contribution >= 0.6 is 0 Å². The van der Waals surface area contributed by atoms with Gasteiger partial charge in [0, 0.05) is 13.6 Å². The summed E-state index contributed by atoms with van der Waals surface area (Å²) in [5.74, 6) is 1.90. The van der Waals surface area contributed by atoms with Crippen molar-refractivity contribution in [3.63, 3.8) is 0 Å². The van der Waals surface area contributed by atoms with Gasteiger partial charge in [0.2, 0.25) is 5.91 Å². The van der Waals surface area contributed by atoms with Crippen LogP contribution in [-0.2, 0) is 4.79 Å². The van der Waals surface area contributed by atoms with Crippen molar-refractivity contribution >= 4 is 5.91 Å². The molecule has 0 bridgehead atoms. The number of rotatable bonds is 3. The molecule has 2 unspecified atom stereocenters. The lowest BCUT2D eigenvalue weighted by Gasteiger charge is -2.27. The molecule has 1 heterocycles. The molecule has 1 saturated carbocycles. The van der Waals surface area contributed by atoms with Gasteiger partial charge in [-0.25, -0.2) is 0 Å². The molecule has 86 valence electrons. The summed E-state index contributed by atoms with van der Waals surface area (Å²) in [5.41, 5.74) is 0. The zero-order valence-electron chi connectivity index (χ0n) is 9.83. The number of nitrogens with one attached hydrogen (secondary N) is 1. The van der Waals surface area contributed by atoms with Gasteiger partial charge in [0.05, 0.1) is 6.04 Å². The van der Waals surface area contributed by atoms with E-state index < -0.39 is 0 Å². The van der Waals surface area contributed by atoms with E-state index in [1.54, 1.807) is 0 Å². The molecule has 3 nitrogen and oxygen atoms in total. The Morgan fingerprint density at radius 1 is 1.47 bits per heavy atom. The molecular formula is C12H22N2O. The smallest absolute Gasteiger partial charge is 0.239 e. The maximum absolute atomic E-state index is 12.0. The molecule has 3 heteroatoms. The normalized spacial score (nSPS) is 34.9. The maximum atomic E-state index is 12.0. The Labute approximate surface area is 92.2 Å². The molecule has 2 aliphatic rings. The topological polar surface area (TPSA) is 32.3 Å². The van der Waals surface area contributed by atoms with Crippen molar-refractivity contribution in [3.8, 4) is 0 Å². The predicted octanol–water partition coefficient (Wildman–Crippen LogP) is 1.24. The molecule has 2 rings (SSSR count). The van der Waals surface area contributed by atoms with E-state index in [-0.39, 0.29) is 6.04 Å². The molecule has 0 aromatic rings. The minimum Gasteiger partial charge on any atom is -0.344 e. The third-order valence-electron chi connectivity index (χ3n) is 3.77. The van der Waals surface area contributed by atoms with E-state index in [0.717, 1.165) is 31.3 Å². The second-order valence-electron chi connectivity index (χ2n) is 5.19. The van der Waals surface area contributed by atoms with Crippen LogP contribution < -0.4 is 5.32 Å². The Kier molecular flexibility index (Phi) is 3.29. The van der Waals surface area contributed by atoms with E-state index in [1.807, 2.05) is 11.9 Å². The molecule has 1 N–H and O–H groups in total. The van der Waals surface area contributed by atoms with Crippen LogP contribution in [0.25, 0.3) is 0 Å². The van der Waals surface area contributed by atoms with Gasteiger partial charge in [-0.15, -0.1) is 0 Å². The Bertz CT molecular complexity index is 236. The first-order chi connectivity index (χ1) is 7.18. The summed E-state index contributed by atoms with van der Waals surface area (Å²) in [6.45, 7) is 4.23. The lowest BCUT2D eigenvalue weighted by atomic mass is 10.0. The fourth-order valence-electron chi connectivity index (χ4n) is 2.42. The monoisotopic (exact) mass is 210 g/mol. The van der Waals surface area contributed by atoms with Gasteiger partial charge in [-0.1, -0.05) is 13.3 Å². The number of amides is 1. The first-order valence-electron chi connectivity index (χ1n) is 6.17. The third-order valence-corrected chi connectivity index (χ3v) is 3.77. The van der Waals surface area contributed by atoms with Gasteiger partial charge >= 0.3 is 0 Å². The highest BCUT2D eigenvalue weighted by molar-refractivity contribution is 5.81. The average molecular weight is 210 g/mol. The molecule has 1 amide bonds. The van der Waals surface area contributed by atoms with Gasteiger partial charge in [0.1, 0.15) is 0 Å². The van der Waals surface area contributed by atoms with Crippen LogP contribution in [0, 0.1) is 11.8 Å². The van der Waals surface area contributed by atoms with Crippen LogP contribution in [0.4, 0.5) is 0 Å². The standard InChI is InChI=1S/C12H22N2O/c1-9-7-10(9)8-14(2)12(15)11-5-3-4-6-13-11/h9-11,13H,3-8H2,1-2H3/t9?,10?,11-/m0/s1. The lowest BCUT2D eigenvalue weighted by molar-refractivity contribution is -0.132. The number of hydrogen-bond acceptors (Lipinski definition) is 2. The highest BCUT2D eigenvalue weighted by atomic mass is 16.2. The van der Waals surface area contributed by atoms with E-state index in [2.05, 4.69) is 12.2 Å². The molecule has 15 heavy (non-hydrogen) atoms. The zero-order valence-corrected chi connectivity index (χ0v) is 9.83. The summed E-state index contributed by atoms with van der Waals surface area (Å²) < 4.78 is 0. The van der Waals surface area contributed by atoms with Crippen LogP contribution in [-0.4, -0.2) is 37.0 Å². The highest BCUT2D eigenvalue weighted by Crippen LogP contribution is 2.38. The molecule has 0 aromatic heterocycles. The summed E-state index contributed by atoms with van der Waals surface area (Å²) in [7, 11) is 1.95. The summed E-state index contributed by atoms with van der Waals surface area (Å²) in [6.07, 6.45) is 4.73. The van der Waals surface area contributed by atoms with Crippen LogP contribution in [0.5, 0.6) is 0 Å². The third kappa shape index (κ3) is 2.71. The molecule has 1 aliphatic heterocycles. The first-order valence-corrected chi connectivity index (χ1v) is 6.17. The van der Waals surface area contributed by atoms with E-state index in [9.17, 15) is 4.79 Å². The largest absolute Gasteiger partial charge is 0.344 e. The molecule has 3 atom stereocenters. The zero-order chi connectivity index (χ0) is 10.8. The van der Waals surface area contributed by atoms with E-state index >= 15 is 0 Å². The summed E-state index contributed by atoms with van der Waals surface area (Å²) >= 11 is 0. The number of carbonyl (C=O) groups is 1. The summed E-state index contributed by atoms with van der Waals surface area (Å²) in [6, 6.07) is 0.0952. The number of hydrogen-bond donors (Lipinski definition) is 1. The van der Waals surface area contributed by atoms with Crippen molar-refractivity contribution in [3.05, 3.63) is 0 Å². The van der Waals surface area contributed by atoms with Gasteiger partial charge in [0.25, 0.3) is 0 Å². The Morgan fingerprint density at radius 2 is 2.20 bits per heavy atom. The average Bonchev–Trinajstić information content (AvgIpc) is 2.94. The lowest BCUT2D eigenvalue weighted by Crippen LogP contribution is -2.47. The molecular weight excluding hydrogens is 188 g/mol. The van der Waals surface area contributed by atoms with Crippen LogP contribution in [0.2, 0.25) is 0 Å². The van der Waals surface area contributed by atoms with Crippen molar-refractivity contribution in [2.75, 3.05) is 20.1 Å². The van der Waals surface area contributed by atoms with Gasteiger partial charge in [-0.2, -0.15) is 0 Å². The molecule has 1 saturated heterocycles. The van der Waals surface area contributed by atoms with Crippen molar-refractivity contribution in [1.29, 1.82) is 0 Å². The molecule has 1 aliphatic carbocycles. The molecule has 0 spiro atoms. The quantitative estimate of drug-likeness (QED) is 0.760. The Hall–Kier alpha value is -0.570. The minimum absolute atomic E-state index is 0.0952. The number of likely N-dealkylation sites (N-methyl/N-ethyl adjacent to an activating group) is 1. The fourth-order valence-corrected chi connectivity index (χ4v) is 2.42. The highest BCUT2D eigenvalue weighted by Gasteiger charge is 2.35. The second kappa shape index (κ2) is 4.52. The van der Waals surface area contributed by atoms with Crippen molar-refractivity contribution in [2.24, 2.45) is 11.8 Å². The van der Waals surface area contributed by atoms with Crippen LogP contribution in [0.1, 0.15) is 32.6 Å². The van der Waals surface area contributed by atoms with Crippen molar-refractivity contribution < 1.29 is 4.79 Å². The van der Waals surface area contributed by atoms with Gasteiger partial charge in [-0.05, 0) is 37.6 Å². The molecule has 2 fully saturated rings. The summed E-state index contributed by atoms with van der Waals surface area (Å²) in [4.78, 5) is 14.0. The SMILES string of the molecule is CC1CC1CN(C)C(=O)[C@@H]1CCCCN1. The van der Waals surface area contributed by atoms with Crippen LogP contribution in [0.3, 0.4) is 0 Å². The first kappa shape index (κ1) is 10.9. The summed E-state index contributed by atoms with van der Waals surface area (Å²) in [5, 5.41) is 3.31. The van der Waals surface area contributed by atoms with E-state index in [1.165, 1.54) is 19.3 Å². The molecule has 0 aromatic carbocycles. The predicted molar refractivity (Wildman–Crippen MR) is 60.5 cm³/mol. The van der Waals surface area contributed by atoms with Crippen LogP contribution in [0.15, 0.2) is 0 Å². The van der Waals surface area contributed by atoms with Gasteiger partial charge < -0.3 is 10.2 Å². The van der Waals surface area contributed by atoms with Gasteiger partial charge in [0.15, 0.2) is 0 Å². The van der Waals surface area contributed by atoms with Crippen molar-refractivity contribution in [1.82, 2.24) is 10.2 Å². The van der Waals surface area contributed by atoms with Gasteiger partial charge in [-0.3, -0.25) is 4.79 Å². The molecule has 0 radical (unpaired) electrons. The Balaban J connectivity index is 1.78. The van der Waals surface area contributed by atoms with E-state index in [0.29, 0.717) is 5.91 Å². The Morgan fingerprint density at radius 3 is 2.73 bits per heavy atom. The number of carbonyl (C=O) groups excluding carboxylic acids is 1. The van der Waals surface area contributed by atoms with E-state index in [4.69, 9.17) is 0 Å². The van der Waals surface area contributed by atoms with Crippen molar-refractivity contribution in [2.45, 2.75) is 38.6 Å². The number of piperidine rings is 1. The fraction of sp³-hybridized carbons (Fsp3) is 0.917. The number of nitrogens with zero attached hydrogens (tertiary/aromatic N) is 1. The minimum atomic E-state index is 0.0952. The second-order valence-corrected chi connectivity index (χ2v) is 5.19.